The minimum atomic E-state index is 0.577. The molecule has 0 saturated heterocycles. The molecule has 0 unspecified atom stereocenters. The molecule has 2 nitrogen and oxygen atoms in total. The van der Waals surface area contributed by atoms with Crippen LogP contribution >= 0.6 is 68.0 Å². The van der Waals surface area contributed by atoms with Gasteiger partial charge in [0, 0.05) is 39.0 Å². The van der Waals surface area contributed by atoms with E-state index in [0.717, 1.165) is 21.3 Å². The van der Waals surface area contributed by atoms with Crippen LogP contribution in [-0.4, -0.2) is 13.2 Å². The molecule has 192 valence electrons. The van der Waals surface area contributed by atoms with E-state index in [4.69, 9.17) is 9.47 Å². The van der Waals surface area contributed by atoms with E-state index in [-0.39, 0.29) is 0 Å². The van der Waals surface area contributed by atoms with Crippen molar-refractivity contribution < 1.29 is 9.47 Å². The third kappa shape index (κ3) is 5.34. The van der Waals surface area contributed by atoms with Crippen LogP contribution < -0.4 is 0 Å². The molecule has 6 rings (SSSR count). The average Bonchev–Trinajstić information content (AvgIpc) is 3.78. The number of hydrogen-bond donors (Lipinski definition) is 0. The smallest absolute Gasteiger partial charge is 0.179 e. The highest BCUT2D eigenvalue weighted by Crippen LogP contribution is 2.44. The van der Waals surface area contributed by atoms with Gasteiger partial charge in [0.25, 0.3) is 0 Å². The first-order valence-corrected chi connectivity index (χ1v) is 17.2. The van der Waals surface area contributed by atoms with Crippen LogP contribution in [0, 0.1) is 0 Å². The molecule has 0 spiro atoms. The summed E-state index contributed by atoms with van der Waals surface area (Å²) in [4.78, 5) is 12.4. The van der Waals surface area contributed by atoms with E-state index in [1.165, 1.54) is 39.0 Å². The SMILES string of the molecule is CCO/C(=C(/OCC)c1ccc(-c2ccc(-c3cccs3)s2)s1)c1ccc(-c2ccc(-c3cccs3)s2)s1. The number of thiophene rings is 6. The van der Waals surface area contributed by atoms with Gasteiger partial charge in [-0.05, 0) is 85.3 Å². The van der Waals surface area contributed by atoms with Crippen molar-refractivity contribution in [1.29, 1.82) is 0 Å². The highest BCUT2D eigenvalue weighted by atomic mass is 32.1. The van der Waals surface area contributed by atoms with Crippen molar-refractivity contribution in [3.63, 3.8) is 0 Å². The van der Waals surface area contributed by atoms with Gasteiger partial charge in [-0.25, -0.2) is 0 Å². The molecule has 0 bridgehead atoms. The van der Waals surface area contributed by atoms with Gasteiger partial charge in [0.05, 0.1) is 23.0 Å². The molecule has 38 heavy (non-hydrogen) atoms. The first kappa shape index (κ1) is 25.8. The second kappa shape index (κ2) is 11.7. The molecular formula is C30H24O2S6. The molecule has 0 atom stereocenters. The molecule has 0 aliphatic carbocycles. The van der Waals surface area contributed by atoms with Gasteiger partial charge >= 0.3 is 0 Å². The lowest BCUT2D eigenvalue weighted by atomic mass is 10.2. The Hall–Kier alpha value is -2.46. The third-order valence-electron chi connectivity index (χ3n) is 5.67. The van der Waals surface area contributed by atoms with Gasteiger partial charge in [0.2, 0.25) is 0 Å². The van der Waals surface area contributed by atoms with Crippen LogP contribution in [0.4, 0.5) is 0 Å². The van der Waals surface area contributed by atoms with E-state index in [0.29, 0.717) is 13.2 Å². The lowest BCUT2D eigenvalue weighted by molar-refractivity contribution is 0.262. The van der Waals surface area contributed by atoms with E-state index in [1.54, 1.807) is 45.3 Å². The summed E-state index contributed by atoms with van der Waals surface area (Å²) < 4.78 is 12.5. The van der Waals surface area contributed by atoms with Crippen LogP contribution in [0.5, 0.6) is 0 Å². The fraction of sp³-hybridized carbons (Fsp3) is 0.133. The van der Waals surface area contributed by atoms with Crippen molar-refractivity contribution in [2.24, 2.45) is 0 Å². The second-order valence-electron chi connectivity index (χ2n) is 8.13. The molecule has 6 heterocycles. The minimum absolute atomic E-state index is 0.577. The zero-order valence-corrected chi connectivity index (χ0v) is 25.7. The summed E-state index contributed by atoms with van der Waals surface area (Å²) in [7, 11) is 0. The Morgan fingerprint density at radius 1 is 0.474 bits per heavy atom. The summed E-state index contributed by atoms with van der Waals surface area (Å²) in [5.41, 5.74) is 0. The molecule has 0 aliphatic rings. The largest absolute Gasteiger partial charge is 0.488 e. The number of rotatable bonds is 10. The quantitative estimate of drug-likeness (QED) is 0.144. The van der Waals surface area contributed by atoms with Crippen LogP contribution in [0.25, 0.3) is 50.5 Å². The second-order valence-corrected chi connectivity index (χ2v) is 14.4. The summed E-state index contributed by atoms with van der Waals surface area (Å²) in [6.45, 7) is 5.21. The zero-order valence-electron chi connectivity index (χ0n) is 20.8. The predicted octanol–water partition coefficient (Wildman–Crippen LogP) is 11.6. The Balaban J connectivity index is 1.33. The van der Waals surface area contributed by atoms with E-state index >= 15 is 0 Å². The molecule has 0 N–H and O–H groups in total. The lowest BCUT2D eigenvalue weighted by Crippen LogP contribution is -1.98. The third-order valence-corrected chi connectivity index (χ3v) is 12.5. The van der Waals surface area contributed by atoms with Crippen LogP contribution in [0.1, 0.15) is 23.6 Å². The summed E-state index contributed by atoms with van der Waals surface area (Å²) in [5.74, 6) is 1.64. The van der Waals surface area contributed by atoms with Crippen molar-refractivity contribution in [2.75, 3.05) is 13.2 Å². The van der Waals surface area contributed by atoms with Crippen molar-refractivity contribution in [3.05, 3.63) is 93.3 Å². The van der Waals surface area contributed by atoms with Gasteiger partial charge in [-0.15, -0.1) is 68.0 Å². The first-order chi connectivity index (χ1) is 18.7. The summed E-state index contributed by atoms with van der Waals surface area (Å²) in [6.07, 6.45) is 0. The monoisotopic (exact) mass is 608 g/mol. The Labute approximate surface area is 246 Å². The van der Waals surface area contributed by atoms with Crippen molar-refractivity contribution in [1.82, 2.24) is 0 Å². The fourth-order valence-corrected chi connectivity index (χ4v) is 9.88. The summed E-state index contributed by atoms with van der Waals surface area (Å²) >= 11 is 10.7. The van der Waals surface area contributed by atoms with Crippen LogP contribution in [-0.2, 0) is 9.47 Å². The van der Waals surface area contributed by atoms with E-state index in [1.807, 2.05) is 36.5 Å². The molecule has 6 aromatic rings. The molecule has 6 aromatic heterocycles. The molecule has 8 heteroatoms. The number of hydrogen-bond acceptors (Lipinski definition) is 8. The Morgan fingerprint density at radius 3 is 1.21 bits per heavy atom. The van der Waals surface area contributed by atoms with Crippen molar-refractivity contribution in [2.45, 2.75) is 13.8 Å². The Kier molecular flexibility index (Phi) is 7.97. The molecule has 0 saturated carbocycles. The van der Waals surface area contributed by atoms with Crippen LogP contribution in [0.3, 0.4) is 0 Å². The van der Waals surface area contributed by atoms with Gasteiger partial charge in [0.1, 0.15) is 0 Å². The van der Waals surface area contributed by atoms with Crippen LogP contribution in [0.2, 0.25) is 0 Å². The fourth-order valence-electron chi connectivity index (χ4n) is 4.01. The predicted molar refractivity (Wildman–Crippen MR) is 172 cm³/mol. The van der Waals surface area contributed by atoms with Gasteiger partial charge in [-0.2, -0.15) is 0 Å². The zero-order chi connectivity index (χ0) is 25.9. The average molecular weight is 609 g/mol. The Bertz CT molecular complexity index is 1520. The molecule has 0 radical (unpaired) electrons. The normalized spacial score (nSPS) is 12.1. The van der Waals surface area contributed by atoms with Gasteiger partial charge in [0.15, 0.2) is 11.5 Å². The highest BCUT2D eigenvalue weighted by Gasteiger charge is 2.20. The maximum Gasteiger partial charge on any atom is 0.179 e. The first-order valence-electron chi connectivity index (χ1n) is 12.2. The highest BCUT2D eigenvalue weighted by molar-refractivity contribution is 7.27. The Morgan fingerprint density at radius 2 is 0.842 bits per heavy atom. The minimum Gasteiger partial charge on any atom is -0.488 e. The van der Waals surface area contributed by atoms with Gasteiger partial charge in [-0.3, -0.25) is 0 Å². The van der Waals surface area contributed by atoms with E-state index in [9.17, 15) is 0 Å². The maximum absolute atomic E-state index is 6.26. The van der Waals surface area contributed by atoms with E-state index in [2.05, 4.69) is 83.6 Å². The molecule has 0 aliphatic heterocycles. The molecule has 0 amide bonds. The maximum atomic E-state index is 6.26. The molecule has 0 aromatic carbocycles. The van der Waals surface area contributed by atoms with Gasteiger partial charge < -0.3 is 9.47 Å². The van der Waals surface area contributed by atoms with Gasteiger partial charge in [-0.1, -0.05) is 12.1 Å². The number of ether oxygens (including phenoxy) is 2. The lowest BCUT2D eigenvalue weighted by Gasteiger charge is -2.14. The van der Waals surface area contributed by atoms with Crippen molar-refractivity contribution in [3.8, 4) is 39.0 Å². The standard InChI is InChI=1S/C30H24O2S6/c1-3-31-29(27-15-13-25(37-27)23-11-9-21(35-23)19-7-5-17-33-19)30(32-4-2)28-16-14-26(38-28)24-12-10-22(36-24)20-8-6-18-34-20/h5-18H,3-4H2,1-2H3/b30-29+. The molecule has 0 fully saturated rings. The van der Waals surface area contributed by atoms with Crippen molar-refractivity contribution >= 4 is 79.5 Å². The summed E-state index contributed by atoms with van der Waals surface area (Å²) in [6, 6.07) is 26.2. The van der Waals surface area contributed by atoms with Crippen LogP contribution in [0.15, 0.2) is 83.6 Å². The molecular weight excluding hydrogens is 585 g/mol. The summed E-state index contributed by atoms with van der Waals surface area (Å²) in [5, 5.41) is 4.26. The topological polar surface area (TPSA) is 18.5 Å². The van der Waals surface area contributed by atoms with E-state index < -0.39 is 0 Å².